The molecule has 1 N–H and O–H groups in total. The molecule has 5 rings (SSSR count). The van der Waals surface area contributed by atoms with Crippen LogP contribution in [0.1, 0.15) is 33.2 Å². The number of benzene rings is 4. The molecule has 1 unspecified atom stereocenters. The maximum atomic E-state index is 13.9. The molecule has 1 atom stereocenters. The second-order valence-corrected chi connectivity index (χ2v) is 9.02. The molecule has 0 radical (unpaired) electrons. The van der Waals surface area contributed by atoms with E-state index in [1.807, 2.05) is 110 Å². The summed E-state index contributed by atoms with van der Waals surface area (Å²) in [6.45, 7) is 2.03. The van der Waals surface area contributed by atoms with Gasteiger partial charge in [0.1, 0.15) is 11.4 Å². The first-order valence-corrected chi connectivity index (χ1v) is 12.3. The van der Waals surface area contributed by atoms with E-state index in [2.05, 4.69) is 17.4 Å². The zero-order valence-electron chi connectivity index (χ0n) is 21.0. The van der Waals surface area contributed by atoms with Gasteiger partial charge in [-0.15, -0.1) is 0 Å². The number of nitrogens with one attached hydrogen (secondary N) is 1. The predicted octanol–water partition coefficient (Wildman–Crippen LogP) is 6.57. The van der Waals surface area contributed by atoms with Gasteiger partial charge < -0.3 is 10.1 Å². The molecular formula is C32H29N3O2. The average molecular weight is 488 g/mol. The van der Waals surface area contributed by atoms with Crippen molar-refractivity contribution < 1.29 is 9.53 Å². The van der Waals surface area contributed by atoms with E-state index in [1.165, 1.54) is 0 Å². The quantitative estimate of drug-likeness (QED) is 0.269. The van der Waals surface area contributed by atoms with Gasteiger partial charge in [0.15, 0.2) is 0 Å². The normalized spacial score (nSPS) is 11.6. The van der Waals surface area contributed by atoms with Crippen molar-refractivity contribution in [2.75, 3.05) is 7.11 Å². The zero-order chi connectivity index (χ0) is 25.6. The highest BCUT2D eigenvalue weighted by molar-refractivity contribution is 5.94. The number of methoxy groups -OCH3 is 1. The van der Waals surface area contributed by atoms with Gasteiger partial charge in [-0.25, -0.2) is 4.68 Å². The highest BCUT2D eigenvalue weighted by Crippen LogP contribution is 2.26. The Morgan fingerprint density at radius 1 is 0.865 bits per heavy atom. The maximum absolute atomic E-state index is 13.9. The number of aryl methyl sites for hydroxylation is 1. The highest BCUT2D eigenvalue weighted by Gasteiger charge is 2.22. The zero-order valence-corrected chi connectivity index (χ0v) is 21.0. The molecule has 5 nitrogen and oxygen atoms in total. The number of nitrogens with zero attached hydrogens (tertiary/aromatic N) is 2. The van der Waals surface area contributed by atoms with E-state index in [9.17, 15) is 4.79 Å². The van der Waals surface area contributed by atoms with Gasteiger partial charge >= 0.3 is 0 Å². The number of carbonyl (C=O) groups excluding carboxylic acids is 1. The molecule has 0 aliphatic rings. The van der Waals surface area contributed by atoms with Gasteiger partial charge in [-0.3, -0.25) is 4.79 Å². The topological polar surface area (TPSA) is 56.1 Å². The van der Waals surface area contributed by atoms with Crippen LogP contribution < -0.4 is 10.1 Å². The first-order chi connectivity index (χ1) is 18.1. The van der Waals surface area contributed by atoms with Crippen LogP contribution in [0.15, 0.2) is 115 Å². The van der Waals surface area contributed by atoms with Crippen molar-refractivity contribution in [3.05, 3.63) is 138 Å². The van der Waals surface area contributed by atoms with Gasteiger partial charge in [0.25, 0.3) is 5.91 Å². The smallest absolute Gasteiger partial charge is 0.270 e. The maximum Gasteiger partial charge on any atom is 0.270 e. The first kappa shape index (κ1) is 24.1. The molecule has 0 aliphatic carbocycles. The first-order valence-electron chi connectivity index (χ1n) is 12.3. The molecule has 0 bridgehead atoms. The molecule has 4 aromatic carbocycles. The number of carbonyl (C=O) groups is 1. The summed E-state index contributed by atoms with van der Waals surface area (Å²) in [5, 5.41) is 8.14. The van der Waals surface area contributed by atoms with E-state index >= 15 is 0 Å². The number of hydrogen-bond acceptors (Lipinski definition) is 3. The monoisotopic (exact) mass is 487 g/mol. The third-order valence-corrected chi connectivity index (χ3v) is 6.34. The Balaban J connectivity index is 1.54. The summed E-state index contributed by atoms with van der Waals surface area (Å²) in [6, 6.07) is 37.6. The van der Waals surface area contributed by atoms with Crippen molar-refractivity contribution in [1.29, 1.82) is 0 Å². The molecule has 0 fully saturated rings. The van der Waals surface area contributed by atoms with Gasteiger partial charge in [0.05, 0.1) is 24.5 Å². The van der Waals surface area contributed by atoms with Crippen LogP contribution in [0.4, 0.5) is 0 Å². The lowest BCUT2D eigenvalue weighted by Crippen LogP contribution is -2.31. The van der Waals surface area contributed by atoms with E-state index in [1.54, 1.807) is 11.8 Å². The average Bonchev–Trinajstić information content (AvgIpc) is 3.40. The van der Waals surface area contributed by atoms with Crippen molar-refractivity contribution in [2.45, 2.75) is 19.4 Å². The van der Waals surface area contributed by atoms with Crippen molar-refractivity contribution in [2.24, 2.45) is 0 Å². The Bertz CT molecular complexity index is 1490. The molecular weight excluding hydrogens is 458 g/mol. The second-order valence-electron chi connectivity index (χ2n) is 9.02. The lowest BCUT2D eigenvalue weighted by molar-refractivity contribution is 0.0928. The van der Waals surface area contributed by atoms with E-state index in [0.717, 1.165) is 33.7 Å². The van der Waals surface area contributed by atoms with Crippen LogP contribution in [0.25, 0.3) is 16.9 Å². The molecule has 0 spiro atoms. The summed E-state index contributed by atoms with van der Waals surface area (Å²) in [5.74, 6) is 0.550. The van der Waals surface area contributed by atoms with Crippen molar-refractivity contribution in [3.63, 3.8) is 0 Å². The molecule has 37 heavy (non-hydrogen) atoms. The summed E-state index contributed by atoms with van der Waals surface area (Å²) in [4.78, 5) is 13.9. The SMILES string of the molecule is COc1cccc(-c2cc(C(=O)NC(Cc3ccccc3)c3ccccc3)n(-c3cccc(C)c3)n2)c1. The van der Waals surface area contributed by atoms with Crippen LogP contribution >= 0.6 is 0 Å². The summed E-state index contributed by atoms with van der Waals surface area (Å²) in [5.41, 5.74) is 6.17. The predicted molar refractivity (Wildman–Crippen MR) is 147 cm³/mol. The number of ether oxygens (including phenoxy) is 1. The minimum Gasteiger partial charge on any atom is -0.497 e. The molecule has 0 saturated heterocycles. The summed E-state index contributed by atoms with van der Waals surface area (Å²) < 4.78 is 7.13. The van der Waals surface area contributed by atoms with Crippen LogP contribution in [0, 0.1) is 6.92 Å². The Kier molecular flexibility index (Phi) is 7.13. The molecule has 0 aliphatic heterocycles. The Labute approximate surface area is 217 Å². The number of rotatable bonds is 8. The molecule has 5 heteroatoms. The van der Waals surface area contributed by atoms with Crippen LogP contribution in [-0.2, 0) is 6.42 Å². The molecule has 184 valence electrons. The Morgan fingerprint density at radius 2 is 1.59 bits per heavy atom. The molecule has 1 heterocycles. The minimum atomic E-state index is -0.197. The van der Waals surface area contributed by atoms with Gasteiger partial charge in [-0.1, -0.05) is 84.9 Å². The van der Waals surface area contributed by atoms with Crippen molar-refractivity contribution >= 4 is 5.91 Å². The van der Waals surface area contributed by atoms with E-state index in [-0.39, 0.29) is 11.9 Å². The molecule has 1 amide bonds. The summed E-state index contributed by atoms with van der Waals surface area (Å²) >= 11 is 0. The third-order valence-electron chi connectivity index (χ3n) is 6.34. The highest BCUT2D eigenvalue weighted by atomic mass is 16.5. The van der Waals surface area contributed by atoms with Gasteiger partial charge in [-0.05, 0) is 60.4 Å². The number of amides is 1. The van der Waals surface area contributed by atoms with Crippen LogP contribution in [0.3, 0.4) is 0 Å². The fourth-order valence-corrected chi connectivity index (χ4v) is 4.44. The minimum absolute atomic E-state index is 0.187. The fourth-order valence-electron chi connectivity index (χ4n) is 4.44. The number of aromatic nitrogens is 2. The van der Waals surface area contributed by atoms with Gasteiger partial charge in [0, 0.05) is 5.56 Å². The Morgan fingerprint density at radius 3 is 2.32 bits per heavy atom. The van der Waals surface area contributed by atoms with Crippen LogP contribution in [0.2, 0.25) is 0 Å². The van der Waals surface area contributed by atoms with Crippen molar-refractivity contribution in [1.82, 2.24) is 15.1 Å². The third kappa shape index (κ3) is 5.62. The van der Waals surface area contributed by atoms with Crippen LogP contribution in [-0.4, -0.2) is 22.8 Å². The van der Waals surface area contributed by atoms with Gasteiger partial charge in [-0.2, -0.15) is 5.10 Å². The largest absolute Gasteiger partial charge is 0.497 e. The molecule has 5 aromatic rings. The lowest BCUT2D eigenvalue weighted by atomic mass is 9.98. The summed E-state index contributed by atoms with van der Waals surface area (Å²) in [7, 11) is 1.64. The molecule has 0 saturated carbocycles. The fraction of sp³-hybridized carbons (Fsp3) is 0.125. The second kappa shape index (κ2) is 11.0. The van der Waals surface area contributed by atoms with E-state index < -0.39 is 0 Å². The lowest BCUT2D eigenvalue weighted by Gasteiger charge is -2.20. The summed E-state index contributed by atoms with van der Waals surface area (Å²) in [6.07, 6.45) is 0.678. The van der Waals surface area contributed by atoms with Crippen LogP contribution in [0.5, 0.6) is 5.75 Å². The van der Waals surface area contributed by atoms with Crippen molar-refractivity contribution in [3.8, 4) is 22.7 Å². The van der Waals surface area contributed by atoms with E-state index in [4.69, 9.17) is 9.84 Å². The van der Waals surface area contributed by atoms with E-state index in [0.29, 0.717) is 17.8 Å². The molecule has 1 aromatic heterocycles. The standard InChI is InChI=1S/C32H29N3O2/c1-23-11-9-17-27(19-23)35-31(22-30(34-35)26-16-10-18-28(21-26)37-2)32(36)33-29(25-14-7-4-8-15-25)20-24-12-5-3-6-13-24/h3-19,21-22,29H,20H2,1-2H3,(H,33,36). The number of hydrogen-bond donors (Lipinski definition) is 1. The van der Waals surface area contributed by atoms with Gasteiger partial charge in [0.2, 0.25) is 0 Å². The Hall–Kier alpha value is -4.64.